The van der Waals surface area contributed by atoms with Gasteiger partial charge in [-0.2, -0.15) is 5.10 Å². The number of nitrogen functional groups attached to an aromatic ring is 1. The highest BCUT2D eigenvalue weighted by atomic mass is 35.5. The zero-order chi connectivity index (χ0) is 14.9. The number of carboxylic acid groups (broad SMARTS) is 1. The Labute approximate surface area is 119 Å². The van der Waals surface area contributed by atoms with Crippen LogP contribution >= 0.6 is 11.6 Å². The average Bonchev–Trinajstić information content (AvgIpc) is 2.68. The number of carbonyl (C=O) groups is 2. The van der Waals surface area contributed by atoms with Crippen LogP contribution in [0.4, 0.5) is 5.82 Å². The molecule has 1 aromatic carbocycles. The molecule has 0 radical (unpaired) electrons. The van der Waals surface area contributed by atoms with Crippen molar-refractivity contribution in [1.29, 1.82) is 0 Å². The number of aromatic nitrogens is 2. The molecule has 0 atom stereocenters. The third-order valence-corrected chi connectivity index (χ3v) is 3.12. The Hall–Kier alpha value is -2.34. The van der Waals surface area contributed by atoms with Crippen LogP contribution in [-0.4, -0.2) is 27.1 Å². The fourth-order valence-electron chi connectivity index (χ4n) is 1.90. The van der Waals surface area contributed by atoms with Gasteiger partial charge in [-0.3, -0.25) is 9.59 Å². The number of rotatable bonds is 4. The lowest BCUT2D eigenvalue weighted by Crippen LogP contribution is -2.12. The van der Waals surface area contributed by atoms with Gasteiger partial charge in [-0.05, 0) is 24.6 Å². The van der Waals surface area contributed by atoms with Crippen molar-refractivity contribution in [3.63, 3.8) is 0 Å². The van der Waals surface area contributed by atoms with Crippen LogP contribution in [0.5, 0.6) is 0 Å². The Morgan fingerprint density at radius 2 is 2.25 bits per heavy atom. The molecule has 0 unspecified atom stereocenters. The van der Waals surface area contributed by atoms with Gasteiger partial charge in [0.25, 0.3) is 0 Å². The molecular weight excluding hydrogens is 282 g/mol. The van der Waals surface area contributed by atoms with Crippen LogP contribution in [0, 0.1) is 6.92 Å². The normalized spacial score (nSPS) is 10.5. The monoisotopic (exact) mass is 293 g/mol. The largest absolute Gasteiger partial charge is 0.480 e. The Morgan fingerprint density at radius 3 is 2.85 bits per heavy atom. The molecule has 0 aliphatic carbocycles. The van der Waals surface area contributed by atoms with Crippen LogP contribution in [0.2, 0.25) is 5.02 Å². The molecule has 6 nitrogen and oxygen atoms in total. The Balaban J connectivity index is 2.64. The maximum absolute atomic E-state index is 11.2. The number of anilines is 1. The molecule has 7 heteroatoms. The van der Waals surface area contributed by atoms with E-state index in [2.05, 4.69) is 5.10 Å². The fraction of sp³-hybridized carbons (Fsp3) is 0.154. The fourth-order valence-corrected chi connectivity index (χ4v) is 2.07. The first-order valence-corrected chi connectivity index (χ1v) is 6.11. The lowest BCUT2D eigenvalue weighted by atomic mass is 10.0. The van der Waals surface area contributed by atoms with E-state index in [9.17, 15) is 9.59 Å². The molecule has 0 amide bonds. The summed E-state index contributed by atoms with van der Waals surface area (Å²) in [4.78, 5) is 22.0. The number of halogens is 1. The lowest BCUT2D eigenvalue weighted by molar-refractivity contribution is -0.137. The zero-order valence-electron chi connectivity index (χ0n) is 10.6. The summed E-state index contributed by atoms with van der Waals surface area (Å²) in [5, 5.41) is 13.4. The van der Waals surface area contributed by atoms with Gasteiger partial charge in [0.15, 0.2) is 6.29 Å². The SMILES string of the molecule is Cc1ccc(Cl)cc1-c1nn(CC(=O)O)c(N)c1C=O. The van der Waals surface area contributed by atoms with Crippen molar-refractivity contribution in [2.75, 3.05) is 5.73 Å². The van der Waals surface area contributed by atoms with E-state index in [4.69, 9.17) is 22.4 Å². The number of nitrogens with two attached hydrogens (primary N) is 1. The summed E-state index contributed by atoms with van der Waals surface area (Å²) in [5.74, 6) is -1.07. The van der Waals surface area contributed by atoms with Gasteiger partial charge in [0.05, 0.1) is 5.56 Å². The summed E-state index contributed by atoms with van der Waals surface area (Å²) in [6, 6.07) is 5.17. The highest BCUT2D eigenvalue weighted by molar-refractivity contribution is 6.30. The Kier molecular flexibility index (Phi) is 3.76. The van der Waals surface area contributed by atoms with Crippen molar-refractivity contribution >= 4 is 29.7 Å². The quantitative estimate of drug-likeness (QED) is 0.840. The first-order chi connectivity index (χ1) is 9.43. The van der Waals surface area contributed by atoms with Gasteiger partial charge in [-0.1, -0.05) is 17.7 Å². The topological polar surface area (TPSA) is 98.2 Å². The van der Waals surface area contributed by atoms with Crippen molar-refractivity contribution < 1.29 is 14.7 Å². The molecule has 1 heterocycles. The highest BCUT2D eigenvalue weighted by Crippen LogP contribution is 2.30. The van der Waals surface area contributed by atoms with Crippen LogP contribution in [0.3, 0.4) is 0 Å². The first-order valence-electron chi connectivity index (χ1n) is 5.73. The van der Waals surface area contributed by atoms with Gasteiger partial charge in [-0.15, -0.1) is 0 Å². The van der Waals surface area contributed by atoms with Crippen molar-refractivity contribution in [2.24, 2.45) is 0 Å². The standard InChI is InChI=1S/C13H12ClN3O3/c1-7-2-3-8(14)4-9(7)12-10(6-18)13(15)17(16-12)5-11(19)20/h2-4,6H,5,15H2,1H3,(H,19,20). The minimum Gasteiger partial charge on any atom is -0.480 e. The highest BCUT2D eigenvalue weighted by Gasteiger charge is 2.19. The van der Waals surface area contributed by atoms with Crippen molar-refractivity contribution in [3.05, 3.63) is 34.3 Å². The molecule has 0 spiro atoms. The molecule has 2 aromatic rings. The predicted octanol–water partition coefficient (Wildman–Crippen LogP) is 1.99. The van der Waals surface area contributed by atoms with Crippen molar-refractivity contribution in [2.45, 2.75) is 13.5 Å². The molecule has 0 aliphatic rings. The summed E-state index contributed by atoms with van der Waals surface area (Å²) in [7, 11) is 0. The van der Waals surface area contributed by atoms with Crippen LogP contribution in [0.15, 0.2) is 18.2 Å². The molecule has 0 aliphatic heterocycles. The molecule has 0 saturated heterocycles. The molecule has 0 fully saturated rings. The molecule has 104 valence electrons. The second-order valence-electron chi connectivity index (χ2n) is 4.28. The van der Waals surface area contributed by atoms with E-state index in [-0.39, 0.29) is 11.4 Å². The summed E-state index contributed by atoms with van der Waals surface area (Å²) >= 11 is 5.94. The number of hydrogen-bond acceptors (Lipinski definition) is 4. The summed E-state index contributed by atoms with van der Waals surface area (Å²) in [6.45, 7) is 1.43. The molecule has 1 aromatic heterocycles. The summed E-state index contributed by atoms with van der Waals surface area (Å²) < 4.78 is 1.09. The summed E-state index contributed by atoms with van der Waals surface area (Å²) in [5.41, 5.74) is 7.76. The van der Waals surface area contributed by atoms with E-state index in [1.54, 1.807) is 18.2 Å². The van der Waals surface area contributed by atoms with Crippen LogP contribution < -0.4 is 5.73 Å². The van der Waals surface area contributed by atoms with Gasteiger partial charge in [0.1, 0.15) is 18.1 Å². The van der Waals surface area contributed by atoms with Crippen LogP contribution in [0.25, 0.3) is 11.3 Å². The molecule has 2 rings (SSSR count). The number of aryl methyl sites for hydroxylation is 1. The van der Waals surface area contributed by atoms with Gasteiger partial charge < -0.3 is 10.8 Å². The molecule has 3 N–H and O–H groups in total. The maximum atomic E-state index is 11.2. The van der Waals surface area contributed by atoms with Crippen LogP contribution in [0.1, 0.15) is 15.9 Å². The van der Waals surface area contributed by atoms with Crippen molar-refractivity contribution in [1.82, 2.24) is 9.78 Å². The number of aliphatic carboxylic acids is 1. The van der Waals surface area contributed by atoms with Gasteiger partial charge in [0.2, 0.25) is 0 Å². The number of aldehydes is 1. The van der Waals surface area contributed by atoms with E-state index in [1.807, 2.05) is 6.92 Å². The van der Waals surface area contributed by atoms with Gasteiger partial charge in [0, 0.05) is 10.6 Å². The first kappa shape index (κ1) is 14.1. The predicted molar refractivity (Wildman–Crippen MR) is 74.8 cm³/mol. The second-order valence-corrected chi connectivity index (χ2v) is 4.71. The van der Waals surface area contributed by atoms with E-state index in [0.717, 1.165) is 10.2 Å². The average molecular weight is 294 g/mol. The minimum atomic E-state index is -1.09. The second kappa shape index (κ2) is 5.34. The minimum absolute atomic E-state index is 0.0248. The van der Waals surface area contributed by atoms with E-state index in [0.29, 0.717) is 22.6 Å². The van der Waals surface area contributed by atoms with Gasteiger partial charge >= 0.3 is 5.97 Å². The van der Waals surface area contributed by atoms with E-state index < -0.39 is 12.5 Å². The van der Waals surface area contributed by atoms with Gasteiger partial charge in [-0.25, -0.2) is 4.68 Å². The third kappa shape index (κ3) is 2.50. The van der Waals surface area contributed by atoms with E-state index >= 15 is 0 Å². The Bertz CT molecular complexity index is 694. The molecule has 0 saturated carbocycles. The molecule has 20 heavy (non-hydrogen) atoms. The molecular formula is C13H12ClN3O3. The third-order valence-electron chi connectivity index (χ3n) is 2.89. The Morgan fingerprint density at radius 1 is 1.55 bits per heavy atom. The van der Waals surface area contributed by atoms with Crippen molar-refractivity contribution in [3.8, 4) is 11.3 Å². The number of hydrogen-bond donors (Lipinski definition) is 2. The zero-order valence-corrected chi connectivity index (χ0v) is 11.4. The smallest absolute Gasteiger partial charge is 0.325 e. The maximum Gasteiger partial charge on any atom is 0.325 e. The number of carboxylic acids is 1. The summed E-state index contributed by atoms with van der Waals surface area (Å²) in [6.07, 6.45) is 0.566. The van der Waals surface area contributed by atoms with E-state index in [1.165, 1.54) is 0 Å². The number of carbonyl (C=O) groups excluding carboxylic acids is 1. The number of nitrogens with zero attached hydrogens (tertiary/aromatic N) is 2. The van der Waals surface area contributed by atoms with Crippen LogP contribution in [-0.2, 0) is 11.3 Å². The molecule has 0 bridgehead atoms. The number of benzene rings is 1. The lowest BCUT2D eigenvalue weighted by Gasteiger charge is -2.03.